The molecule has 0 aliphatic carbocycles. The van der Waals surface area contributed by atoms with Crippen LogP contribution in [0.5, 0.6) is 11.5 Å². The SMILES string of the molecule is CCCC(C)C(=O)O[C@@H](C)COC(=O)[C@@H](N)Cc1ccc(OC(=O)C(C)(C)CC)c(OC(=O)C(C)(C)CC)c1. The number of benzene rings is 1. The minimum atomic E-state index is -1.02. The van der Waals surface area contributed by atoms with Gasteiger partial charge in [-0.25, -0.2) is 0 Å². The highest BCUT2D eigenvalue weighted by molar-refractivity contribution is 5.81. The fourth-order valence-electron chi connectivity index (χ4n) is 3.15. The quantitative estimate of drug-likeness (QED) is 0.233. The van der Waals surface area contributed by atoms with Crippen molar-refractivity contribution in [1.82, 2.24) is 0 Å². The lowest BCUT2D eigenvalue weighted by atomic mass is 9.90. The average molecular weight is 550 g/mol. The van der Waals surface area contributed by atoms with Gasteiger partial charge in [-0.05, 0) is 78.0 Å². The summed E-state index contributed by atoms with van der Waals surface area (Å²) < 4.78 is 21.9. The Morgan fingerprint density at radius 3 is 1.90 bits per heavy atom. The van der Waals surface area contributed by atoms with E-state index in [2.05, 4.69) is 0 Å². The van der Waals surface area contributed by atoms with E-state index in [1.807, 2.05) is 20.8 Å². The Morgan fingerprint density at radius 1 is 0.846 bits per heavy atom. The molecule has 9 nitrogen and oxygen atoms in total. The lowest BCUT2D eigenvalue weighted by molar-refractivity contribution is -0.161. The van der Waals surface area contributed by atoms with Gasteiger partial charge in [-0.2, -0.15) is 0 Å². The molecule has 0 aromatic heterocycles. The summed E-state index contributed by atoms with van der Waals surface area (Å²) in [6, 6.07) is 3.70. The molecule has 2 N–H and O–H groups in total. The Kier molecular flexibility index (Phi) is 13.1. The Balaban J connectivity index is 2.98. The van der Waals surface area contributed by atoms with Crippen molar-refractivity contribution in [3.05, 3.63) is 23.8 Å². The molecular formula is C30H47NO8. The summed E-state index contributed by atoms with van der Waals surface area (Å²) in [4.78, 5) is 50.1. The van der Waals surface area contributed by atoms with Gasteiger partial charge in [0.1, 0.15) is 18.8 Å². The summed E-state index contributed by atoms with van der Waals surface area (Å²) in [5.74, 6) is -1.97. The molecule has 1 unspecified atom stereocenters. The number of hydrogen-bond donors (Lipinski definition) is 1. The van der Waals surface area contributed by atoms with Crippen molar-refractivity contribution in [1.29, 1.82) is 0 Å². The molecule has 0 aliphatic rings. The van der Waals surface area contributed by atoms with Crippen LogP contribution in [0, 0.1) is 16.7 Å². The van der Waals surface area contributed by atoms with Crippen molar-refractivity contribution in [3.63, 3.8) is 0 Å². The molecule has 0 heterocycles. The van der Waals surface area contributed by atoms with E-state index in [1.165, 1.54) is 12.1 Å². The summed E-state index contributed by atoms with van der Waals surface area (Å²) in [5.41, 5.74) is 5.18. The second-order valence-corrected chi connectivity index (χ2v) is 11.4. The summed E-state index contributed by atoms with van der Waals surface area (Å²) in [5, 5.41) is 0. The Labute approximate surface area is 233 Å². The Bertz CT molecular complexity index is 1000. The van der Waals surface area contributed by atoms with Crippen LogP contribution in [0.3, 0.4) is 0 Å². The number of rotatable bonds is 15. The molecule has 9 heteroatoms. The van der Waals surface area contributed by atoms with Crippen LogP contribution in [0.25, 0.3) is 0 Å². The second kappa shape index (κ2) is 15.0. The number of nitrogens with two attached hydrogens (primary N) is 1. The van der Waals surface area contributed by atoms with Crippen LogP contribution < -0.4 is 15.2 Å². The fourth-order valence-corrected chi connectivity index (χ4v) is 3.15. The van der Waals surface area contributed by atoms with Crippen LogP contribution in [-0.2, 0) is 35.1 Å². The molecule has 0 saturated carbocycles. The van der Waals surface area contributed by atoms with Gasteiger partial charge in [0, 0.05) is 0 Å². The molecule has 0 fully saturated rings. The number of esters is 4. The maximum Gasteiger partial charge on any atom is 0.323 e. The molecule has 1 aromatic carbocycles. The molecule has 0 spiro atoms. The molecule has 0 radical (unpaired) electrons. The first-order valence-electron chi connectivity index (χ1n) is 13.8. The van der Waals surface area contributed by atoms with Gasteiger partial charge in [0.2, 0.25) is 0 Å². The molecule has 0 aliphatic heterocycles. The monoisotopic (exact) mass is 549 g/mol. The largest absolute Gasteiger partial charge is 0.461 e. The van der Waals surface area contributed by atoms with Crippen molar-refractivity contribution in [2.45, 2.75) is 107 Å². The van der Waals surface area contributed by atoms with Crippen molar-refractivity contribution in [2.24, 2.45) is 22.5 Å². The van der Waals surface area contributed by atoms with Crippen LogP contribution in [0.4, 0.5) is 0 Å². The maximum absolute atomic E-state index is 12.8. The van der Waals surface area contributed by atoms with Crippen LogP contribution in [-0.4, -0.2) is 42.6 Å². The maximum atomic E-state index is 12.8. The van der Waals surface area contributed by atoms with Gasteiger partial charge in [0.15, 0.2) is 11.5 Å². The van der Waals surface area contributed by atoms with E-state index in [4.69, 9.17) is 24.7 Å². The molecule has 39 heavy (non-hydrogen) atoms. The molecule has 1 aromatic rings. The summed E-state index contributed by atoms with van der Waals surface area (Å²) >= 11 is 0. The van der Waals surface area contributed by atoms with Crippen LogP contribution in [0.1, 0.15) is 93.6 Å². The molecule has 220 valence electrons. The van der Waals surface area contributed by atoms with Gasteiger partial charge in [-0.3, -0.25) is 19.2 Å². The highest BCUT2D eigenvalue weighted by atomic mass is 16.6. The van der Waals surface area contributed by atoms with E-state index in [9.17, 15) is 19.2 Å². The zero-order chi connectivity index (χ0) is 30.0. The van der Waals surface area contributed by atoms with Gasteiger partial charge in [-0.1, -0.05) is 40.2 Å². The van der Waals surface area contributed by atoms with Crippen molar-refractivity contribution < 1.29 is 38.1 Å². The summed E-state index contributed by atoms with van der Waals surface area (Å²) in [6.45, 7) is 16.1. The number of ether oxygens (including phenoxy) is 4. The molecule has 0 bridgehead atoms. The minimum Gasteiger partial charge on any atom is -0.461 e. The zero-order valence-corrected chi connectivity index (χ0v) is 25.1. The van der Waals surface area contributed by atoms with Crippen molar-refractivity contribution >= 4 is 23.9 Å². The summed E-state index contributed by atoms with van der Waals surface area (Å²) in [6.07, 6.45) is 2.17. The minimum absolute atomic E-state index is 0.0709. The predicted molar refractivity (Wildman–Crippen MR) is 148 cm³/mol. The smallest absolute Gasteiger partial charge is 0.323 e. The topological polar surface area (TPSA) is 131 Å². The Hall–Kier alpha value is -2.94. The molecule has 0 amide bonds. The Morgan fingerprint density at radius 2 is 1.38 bits per heavy atom. The van der Waals surface area contributed by atoms with E-state index in [0.717, 1.165) is 12.8 Å². The van der Waals surface area contributed by atoms with Gasteiger partial charge >= 0.3 is 23.9 Å². The van der Waals surface area contributed by atoms with E-state index < -0.39 is 40.9 Å². The van der Waals surface area contributed by atoms with Crippen LogP contribution in [0.2, 0.25) is 0 Å². The van der Waals surface area contributed by atoms with E-state index in [-0.39, 0.29) is 36.4 Å². The van der Waals surface area contributed by atoms with E-state index in [0.29, 0.717) is 18.4 Å². The van der Waals surface area contributed by atoms with E-state index >= 15 is 0 Å². The molecule has 3 atom stereocenters. The third-order valence-electron chi connectivity index (χ3n) is 6.95. The highest BCUT2D eigenvalue weighted by Crippen LogP contribution is 2.34. The average Bonchev–Trinajstić information content (AvgIpc) is 2.88. The normalized spacial score (nSPS) is 14.1. The molecule has 0 saturated heterocycles. The van der Waals surface area contributed by atoms with Gasteiger partial charge in [0.05, 0.1) is 16.7 Å². The number of carbonyl (C=O) groups is 4. The summed E-state index contributed by atoms with van der Waals surface area (Å²) in [7, 11) is 0. The third-order valence-corrected chi connectivity index (χ3v) is 6.95. The predicted octanol–water partition coefficient (Wildman–Crippen LogP) is 5.15. The number of carbonyl (C=O) groups excluding carboxylic acids is 4. The second-order valence-electron chi connectivity index (χ2n) is 11.4. The van der Waals surface area contributed by atoms with Gasteiger partial charge in [-0.15, -0.1) is 0 Å². The third kappa shape index (κ3) is 10.6. The molecular weight excluding hydrogens is 502 g/mol. The first-order valence-corrected chi connectivity index (χ1v) is 13.8. The van der Waals surface area contributed by atoms with Gasteiger partial charge < -0.3 is 24.7 Å². The standard InChI is InChI=1S/C30H47NO8/c1-10-13-19(4)25(32)37-20(5)18-36-26(33)22(31)16-21-14-15-23(38-27(34)29(6,7)11-2)24(17-21)39-28(35)30(8,9)12-3/h14-15,17,19-20,22H,10-13,16,18,31H2,1-9H3/t19?,20-,22-/m0/s1. The zero-order valence-electron chi connectivity index (χ0n) is 25.1. The van der Waals surface area contributed by atoms with Crippen LogP contribution in [0.15, 0.2) is 18.2 Å². The first kappa shape index (κ1) is 34.1. The van der Waals surface area contributed by atoms with Crippen LogP contribution >= 0.6 is 0 Å². The van der Waals surface area contributed by atoms with Gasteiger partial charge in [0.25, 0.3) is 0 Å². The lowest BCUT2D eigenvalue weighted by Crippen LogP contribution is -2.36. The fraction of sp³-hybridized carbons (Fsp3) is 0.667. The van der Waals surface area contributed by atoms with E-state index in [1.54, 1.807) is 47.6 Å². The molecule has 1 rings (SSSR count). The first-order chi connectivity index (χ1) is 18.1. The van der Waals surface area contributed by atoms with Crippen molar-refractivity contribution in [2.75, 3.05) is 6.61 Å². The number of hydrogen-bond acceptors (Lipinski definition) is 9. The van der Waals surface area contributed by atoms with Crippen molar-refractivity contribution in [3.8, 4) is 11.5 Å². The lowest BCUT2D eigenvalue weighted by Gasteiger charge is -2.23. The highest BCUT2D eigenvalue weighted by Gasteiger charge is 2.31.